The number of Topliss-reactive ketones (excluding diaryl/α,β-unsaturated/α-hetero) is 1. The Morgan fingerprint density at radius 2 is 1.98 bits per heavy atom. The summed E-state index contributed by atoms with van der Waals surface area (Å²) in [5.74, 6) is -0.648. The molecule has 2 N–H and O–H groups in total. The van der Waals surface area contributed by atoms with Crippen LogP contribution in [-0.4, -0.2) is 62.5 Å². The average molecular weight is 600 g/mol. The predicted molar refractivity (Wildman–Crippen MR) is 154 cm³/mol. The minimum Gasteiger partial charge on any atom is -0.395 e. The van der Waals surface area contributed by atoms with Crippen molar-refractivity contribution >= 4 is 39.7 Å². The molecule has 3 aromatic heterocycles. The van der Waals surface area contributed by atoms with Gasteiger partial charge in [-0.3, -0.25) is 19.3 Å². The number of piperidine rings is 1. The lowest BCUT2D eigenvalue weighted by Crippen LogP contribution is -2.38. The van der Waals surface area contributed by atoms with Crippen LogP contribution in [0.25, 0.3) is 32.6 Å². The van der Waals surface area contributed by atoms with Gasteiger partial charge in [-0.15, -0.1) is 11.3 Å². The number of aliphatic hydroxyl groups excluding tert-OH is 1. The number of hydrogen-bond donors (Lipinski definition) is 2. The molecule has 0 spiro atoms. The zero-order valence-corrected chi connectivity index (χ0v) is 23.7. The van der Waals surface area contributed by atoms with Gasteiger partial charge >= 0.3 is 6.18 Å². The standard InChI is InChI=1S/C29H28F3N5O4S/c1-16(39)23-14-37(19-4-3-7-36(13-19)8-9-38)24-6-5-18(10-21(24)27(23)41)22-12-33-26(34-17(2)40)11-20(22)28-35-25(15-42-28)29(30,31)32/h5-6,10-12,14-15,19,38H,3-4,7-9,13H2,1-2H3,(H,33,34,40)/t19-/m1/s1. The Morgan fingerprint density at radius 1 is 1.19 bits per heavy atom. The lowest BCUT2D eigenvalue weighted by atomic mass is 9.97. The summed E-state index contributed by atoms with van der Waals surface area (Å²) in [5.41, 5.74) is 0.343. The fourth-order valence-corrected chi connectivity index (χ4v) is 6.17. The highest BCUT2D eigenvalue weighted by Gasteiger charge is 2.34. The Balaban J connectivity index is 1.68. The average Bonchev–Trinajstić information content (AvgIpc) is 3.44. The summed E-state index contributed by atoms with van der Waals surface area (Å²) in [6, 6.07) is 6.53. The van der Waals surface area contributed by atoms with Crippen LogP contribution in [-0.2, 0) is 11.0 Å². The maximum Gasteiger partial charge on any atom is 0.434 e. The summed E-state index contributed by atoms with van der Waals surface area (Å²) in [6.45, 7) is 4.66. The van der Waals surface area contributed by atoms with E-state index in [2.05, 4.69) is 20.2 Å². The number of amides is 1. The van der Waals surface area contributed by atoms with E-state index in [-0.39, 0.29) is 40.2 Å². The summed E-state index contributed by atoms with van der Waals surface area (Å²) >= 11 is 0.800. The Kier molecular flexibility index (Phi) is 8.26. The van der Waals surface area contributed by atoms with Crippen LogP contribution < -0.4 is 10.7 Å². The number of carbonyl (C=O) groups is 2. The second-order valence-corrected chi connectivity index (χ2v) is 11.1. The fourth-order valence-electron chi connectivity index (χ4n) is 5.32. The number of pyridine rings is 2. The van der Waals surface area contributed by atoms with Gasteiger partial charge in [0.25, 0.3) is 0 Å². The second kappa shape index (κ2) is 11.7. The predicted octanol–water partition coefficient (Wildman–Crippen LogP) is 5.00. The number of nitrogens with one attached hydrogen (secondary N) is 1. The number of nitrogens with zero attached hydrogens (tertiary/aromatic N) is 4. The van der Waals surface area contributed by atoms with Crippen molar-refractivity contribution in [2.24, 2.45) is 0 Å². The molecule has 1 amide bonds. The van der Waals surface area contributed by atoms with Gasteiger partial charge in [0.2, 0.25) is 5.91 Å². The van der Waals surface area contributed by atoms with E-state index < -0.39 is 23.2 Å². The number of hydrogen-bond acceptors (Lipinski definition) is 8. The van der Waals surface area contributed by atoms with E-state index in [4.69, 9.17) is 0 Å². The number of rotatable bonds is 7. The second-order valence-electron chi connectivity index (χ2n) is 10.2. The topological polar surface area (TPSA) is 117 Å². The molecule has 5 rings (SSSR count). The molecule has 1 aromatic carbocycles. The van der Waals surface area contributed by atoms with Crippen LogP contribution in [0.15, 0.2) is 46.8 Å². The van der Waals surface area contributed by atoms with Crippen molar-refractivity contribution in [3.05, 3.63) is 63.5 Å². The maximum absolute atomic E-state index is 13.5. The van der Waals surface area contributed by atoms with Crippen molar-refractivity contribution in [2.75, 3.05) is 31.6 Å². The minimum absolute atomic E-state index is 0.0281. The van der Waals surface area contributed by atoms with Crippen LogP contribution >= 0.6 is 11.3 Å². The van der Waals surface area contributed by atoms with Gasteiger partial charge in [-0.05, 0) is 50.1 Å². The van der Waals surface area contributed by atoms with Crippen LogP contribution in [0.5, 0.6) is 0 Å². The van der Waals surface area contributed by atoms with Crippen molar-refractivity contribution in [3.8, 4) is 21.7 Å². The van der Waals surface area contributed by atoms with Crippen molar-refractivity contribution < 1.29 is 27.9 Å². The van der Waals surface area contributed by atoms with E-state index in [1.807, 2.05) is 4.57 Å². The number of aliphatic hydroxyl groups is 1. The molecule has 13 heteroatoms. The highest BCUT2D eigenvalue weighted by atomic mass is 32.1. The van der Waals surface area contributed by atoms with Gasteiger partial charge in [0, 0.05) is 60.3 Å². The van der Waals surface area contributed by atoms with Crippen molar-refractivity contribution in [1.29, 1.82) is 0 Å². The molecule has 0 aliphatic carbocycles. The molecule has 9 nitrogen and oxygen atoms in total. The Hall–Kier alpha value is -3.94. The first kappa shape index (κ1) is 29.5. The number of anilines is 1. The highest BCUT2D eigenvalue weighted by molar-refractivity contribution is 7.13. The maximum atomic E-state index is 13.5. The quantitative estimate of drug-likeness (QED) is 0.287. The van der Waals surface area contributed by atoms with E-state index in [1.54, 1.807) is 24.4 Å². The Labute approximate surface area is 242 Å². The molecule has 42 heavy (non-hydrogen) atoms. The molecule has 0 saturated carbocycles. The molecule has 4 heterocycles. The van der Waals surface area contributed by atoms with E-state index >= 15 is 0 Å². The van der Waals surface area contributed by atoms with Gasteiger partial charge in [0.05, 0.1) is 17.7 Å². The van der Waals surface area contributed by atoms with Crippen molar-refractivity contribution in [3.63, 3.8) is 0 Å². The van der Waals surface area contributed by atoms with Crippen molar-refractivity contribution in [1.82, 2.24) is 19.4 Å². The molecular weight excluding hydrogens is 571 g/mol. The molecule has 1 fully saturated rings. The third-order valence-corrected chi connectivity index (χ3v) is 8.12. The van der Waals surface area contributed by atoms with Crippen LogP contribution in [0.3, 0.4) is 0 Å². The van der Waals surface area contributed by atoms with Gasteiger partial charge in [0.1, 0.15) is 10.8 Å². The van der Waals surface area contributed by atoms with Gasteiger partial charge in [-0.1, -0.05) is 6.07 Å². The first-order valence-electron chi connectivity index (χ1n) is 13.3. The van der Waals surface area contributed by atoms with Crippen LogP contribution in [0.1, 0.15) is 48.8 Å². The van der Waals surface area contributed by atoms with Gasteiger partial charge in [-0.2, -0.15) is 13.2 Å². The lowest BCUT2D eigenvalue weighted by Gasteiger charge is -2.34. The highest BCUT2D eigenvalue weighted by Crippen LogP contribution is 2.39. The number of benzene rings is 1. The number of carbonyl (C=O) groups excluding carboxylic acids is 2. The fraction of sp³-hybridized carbons (Fsp3) is 0.345. The Morgan fingerprint density at radius 3 is 2.64 bits per heavy atom. The molecule has 0 bridgehead atoms. The largest absolute Gasteiger partial charge is 0.434 e. The molecule has 220 valence electrons. The van der Waals surface area contributed by atoms with E-state index in [0.717, 1.165) is 36.1 Å². The molecule has 1 atom stereocenters. The van der Waals surface area contributed by atoms with E-state index in [9.17, 15) is 32.7 Å². The van der Waals surface area contributed by atoms with Crippen LogP contribution in [0, 0.1) is 0 Å². The molecule has 1 aliphatic rings. The number of alkyl halides is 3. The molecule has 1 saturated heterocycles. The lowest BCUT2D eigenvalue weighted by molar-refractivity contribution is -0.140. The first-order valence-corrected chi connectivity index (χ1v) is 14.2. The van der Waals surface area contributed by atoms with E-state index in [0.29, 0.717) is 35.3 Å². The summed E-state index contributed by atoms with van der Waals surface area (Å²) in [7, 11) is 0. The van der Waals surface area contributed by atoms with Crippen molar-refractivity contribution in [2.45, 2.75) is 38.9 Å². The third-order valence-electron chi connectivity index (χ3n) is 7.25. The molecule has 0 unspecified atom stereocenters. The SMILES string of the molecule is CC(=O)Nc1cc(-c2nc(C(F)(F)F)cs2)c(-c2ccc3c(c2)c(=O)c(C(C)=O)cn3[C@@H]2CCCN(CCO)C2)cn1. The van der Waals surface area contributed by atoms with Crippen LogP contribution in [0.4, 0.5) is 19.0 Å². The smallest absolute Gasteiger partial charge is 0.395 e. The summed E-state index contributed by atoms with van der Waals surface area (Å²) in [4.78, 5) is 47.9. The van der Waals surface area contributed by atoms with Gasteiger partial charge in [-0.25, -0.2) is 9.97 Å². The monoisotopic (exact) mass is 599 g/mol. The molecule has 1 aliphatic heterocycles. The van der Waals surface area contributed by atoms with E-state index in [1.165, 1.54) is 26.1 Å². The van der Waals surface area contributed by atoms with Gasteiger partial charge in [0.15, 0.2) is 16.9 Å². The zero-order chi connectivity index (χ0) is 30.2. The number of thiazole rings is 1. The zero-order valence-electron chi connectivity index (χ0n) is 22.9. The third kappa shape index (κ3) is 5.98. The number of halogens is 3. The Bertz CT molecular complexity index is 1730. The number of likely N-dealkylation sites (tertiary alicyclic amines) is 1. The summed E-state index contributed by atoms with van der Waals surface area (Å²) in [5, 5.41) is 13.2. The summed E-state index contributed by atoms with van der Waals surface area (Å²) in [6.07, 6.45) is 0.0881. The number of fused-ring (bicyclic) bond motifs is 1. The molecular formula is C29H28F3N5O4S. The molecule has 4 aromatic rings. The molecule has 0 radical (unpaired) electrons. The summed E-state index contributed by atoms with van der Waals surface area (Å²) < 4.78 is 42.0. The van der Waals surface area contributed by atoms with Gasteiger partial charge < -0.3 is 15.0 Å². The number of aromatic nitrogens is 3. The normalized spacial score (nSPS) is 16.1. The number of ketones is 1. The first-order chi connectivity index (χ1) is 20.0. The minimum atomic E-state index is -4.63. The van der Waals surface area contributed by atoms with Crippen LogP contribution in [0.2, 0.25) is 0 Å². The number of β-amino-alcohol motifs (C(OH)–C–C–N with tert-alkyl or cyclic N) is 1.